The van der Waals surface area contributed by atoms with E-state index >= 15 is 0 Å². The number of para-hydroxylation sites is 1. The highest BCUT2D eigenvalue weighted by Gasteiger charge is 2.28. The van der Waals surface area contributed by atoms with E-state index in [0.717, 1.165) is 29.3 Å². The number of hydrogen-bond donors (Lipinski definition) is 1. The quantitative estimate of drug-likeness (QED) is 0.783. The molecule has 0 radical (unpaired) electrons. The average molecular weight is 304 g/mol. The maximum Gasteiger partial charge on any atom is 0.227 e. The number of amides is 1. The molecule has 3 heteroatoms. The molecule has 2 aromatic carbocycles. The van der Waals surface area contributed by atoms with Crippen LogP contribution >= 0.6 is 0 Å². The van der Waals surface area contributed by atoms with Crippen molar-refractivity contribution in [3.8, 4) is 0 Å². The molecule has 4 rings (SSSR count). The minimum absolute atomic E-state index is 0.177. The Morgan fingerprint density at radius 1 is 1.17 bits per heavy atom. The molecule has 1 atom stereocenters. The summed E-state index contributed by atoms with van der Waals surface area (Å²) in [6.07, 6.45) is 4.49. The topological polar surface area (TPSA) is 36.1 Å². The van der Waals surface area contributed by atoms with Crippen LogP contribution in [0.2, 0.25) is 0 Å². The van der Waals surface area contributed by atoms with E-state index in [4.69, 9.17) is 0 Å². The van der Waals surface area contributed by atoms with Gasteiger partial charge < -0.3 is 9.88 Å². The van der Waals surface area contributed by atoms with Gasteiger partial charge in [0.25, 0.3) is 0 Å². The molecule has 0 saturated heterocycles. The summed E-state index contributed by atoms with van der Waals surface area (Å²) >= 11 is 0. The summed E-state index contributed by atoms with van der Waals surface area (Å²) in [6, 6.07) is 16.8. The third-order valence-electron chi connectivity index (χ3n) is 4.98. The number of carbonyl (C=O) groups excluding carboxylic acids is 1. The van der Waals surface area contributed by atoms with Crippen LogP contribution < -0.4 is 0 Å². The number of H-pyrrole nitrogens is 1. The number of benzene rings is 2. The van der Waals surface area contributed by atoms with Crippen LogP contribution in [0.4, 0.5) is 0 Å². The van der Waals surface area contributed by atoms with Crippen LogP contribution in [0.25, 0.3) is 10.9 Å². The van der Waals surface area contributed by atoms with E-state index < -0.39 is 0 Å². The Balaban J connectivity index is 1.56. The van der Waals surface area contributed by atoms with Crippen LogP contribution in [-0.2, 0) is 17.6 Å². The van der Waals surface area contributed by atoms with E-state index in [1.165, 1.54) is 11.1 Å². The molecule has 1 heterocycles. The predicted molar refractivity (Wildman–Crippen MR) is 92.3 cm³/mol. The van der Waals surface area contributed by atoms with Crippen molar-refractivity contribution < 1.29 is 4.79 Å². The first kappa shape index (κ1) is 14.1. The van der Waals surface area contributed by atoms with E-state index in [1.807, 2.05) is 36.3 Å². The number of nitrogens with zero attached hydrogens (tertiary/aromatic N) is 1. The number of aryl methyl sites for hydroxylation is 1. The molecule has 0 saturated carbocycles. The summed E-state index contributed by atoms with van der Waals surface area (Å²) in [5, 5.41) is 1.14. The highest BCUT2D eigenvalue weighted by molar-refractivity contribution is 5.89. The van der Waals surface area contributed by atoms with Crippen molar-refractivity contribution in [1.82, 2.24) is 9.88 Å². The summed E-state index contributed by atoms with van der Waals surface area (Å²) in [4.78, 5) is 17.9. The second-order valence-electron chi connectivity index (χ2n) is 6.29. The Bertz CT molecular complexity index is 865. The molecule has 1 aromatic heterocycles. The van der Waals surface area contributed by atoms with Gasteiger partial charge in [-0.15, -0.1) is 0 Å². The lowest BCUT2D eigenvalue weighted by Crippen LogP contribution is -2.31. The molecule has 1 unspecified atom stereocenters. The molecule has 116 valence electrons. The van der Waals surface area contributed by atoms with Crippen molar-refractivity contribution in [3.63, 3.8) is 0 Å². The summed E-state index contributed by atoms with van der Waals surface area (Å²) < 4.78 is 0. The molecule has 0 fully saturated rings. The number of aromatic amines is 1. The average Bonchev–Trinajstić information content (AvgIpc) is 3.19. The molecule has 1 aliphatic rings. The lowest BCUT2D eigenvalue weighted by Gasteiger charge is -2.25. The number of likely N-dealkylation sites (N-methyl/N-ethyl adjacent to an activating group) is 1. The molecule has 3 nitrogen and oxygen atoms in total. The number of nitrogens with one attached hydrogen (secondary N) is 1. The molecule has 0 aliphatic heterocycles. The van der Waals surface area contributed by atoms with Gasteiger partial charge >= 0.3 is 0 Å². The first-order valence-electron chi connectivity index (χ1n) is 8.12. The van der Waals surface area contributed by atoms with Crippen molar-refractivity contribution in [2.75, 3.05) is 7.05 Å². The lowest BCUT2D eigenvalue weighted by atomic mass is 10.1. The van der Waals surface area contributed by atoms with Crippen molar-refractivity contribution in [1.29, 1.82) is 0 Å². The van der Waals surface area contributed by atoms with Crippen LogP contribution in [0.15, 0.2) is 54.7 Å². The number of rotatable bonds is 3. The first-order chi connectivity index (χ1) is 11.2. The zero-order valence-corrected chi connectivity index (χ0v) is 13.3. The minimum Gasteiger partial charge on any atom is -0.361 e. The summed E-state index contributed by atoms with van der Waals surface area (Å²) in [5.74, 6) is 0.177. The molecule has 0 spiro atoms. The Kier molecular flexibility index (Phi) is 3.41. The van der Waals surface area contributed by atoms with Gasteiger partial charge in [-0.1, -0.05) is 42.5 Å². The van der Waals surface area contributed by atoms with E-state index in [9.17, 15) is 4.79 Å². The SMILES string of the molecule is CN(C(=O)Cc1c[nH]c2ccccc12)C1CCc2ccccc21. The van der Waals surface area contributed by atoms with Gasteiger partial charge in [0.15, 0.2) is 0 Å². The second-order valence-corrected chi connectivity index (χ2v) is 6.29. The van der Waals surface area contributed by atoms with Gasteiger partial charge in [0.1, 0.15) is 0 Å². The fourth-order valence-corrected chi connectivity index (χ4v) is 3.68. The third-order valence-corrected chi connectivity index (χ3v) is 4.98. The van der Waals surface area contributed by atoms with Crippen molar-refractivity contribution in [2.24, 2.45) is 0 Å². The van der Waals surface area contributed by atoms with E-state index in [2.05, 4.69) is 35.3 Å². The zero-order chi connectivity index (χ0) is 15.8. The third kappa shape index (κ3) is 2.42. The molecule has 1 amide bonds. The van der Waals surface area contributed by atoms with Crippen LogP contribution in [-0.4, -0.2) is 22.8 Å². The smallest absolute Gasteiger partial charge is 0.227 e. The van der Waals surface area contributed by atoms with Gasteiger partial charge in [0.05, 0.1) is 12.5 Å². The summed E-state index contributed by atoms with van der Waals surface area (Å²) in [5.41, 5.74) is 4.85. The van der Waals surface area contributed by atoms with E-state index in [0.29, 0.717) is 6.42 Å². The summed E-state index contributed by atoms with van der Waals surface area (Å²) in [6.45, 7) is 0. The van der Waals surface area contributed by atoms with Gasteiger partial charge in [0.2, 0.25) is 5.91 Å². The summed E-state index contributed by atoms with van der Waals surface area (Å²) in [7, 11) is 1.93. The maximum absolute atomic E-state index is 12.8. The number of hydrogen-bond acceptors (Lipinski definition) is 1. The molecule has 23 heavy (non-hydrogen) atoms. The normalized spacial score (nSPS) is 16.5. The Hall–Kier alpha value is -2.55. The van der Waals surface area contributed by atoms with Gasteiger partial charge in [-0.2, -0.15) is 0 Å². The Labute approximate surface area is 135 Å². The second kappa shape index (κ2) is 5.58. The van der Waals surface area contributed by atoms with Crippen molar-refractivity contribution in [3.05, 3.63) is 71.4 Å². The Morgan fingerprint density at radius 3 is 2.87 bits per heavy atom. The number of carbonyl (C=O) groups is 1. The van der Waals surface area contributed by atoms with Gasteiger partial charge in [-0.25, -0.2) is 0 Å². The molecule has 3 aromatic rings. The molecular formula is C20H20N2O. The number of aromatic nitrogens is 1. The molecule has 1 aliphatic carbocycles. The fraction of sp³-hybridized carbons (Fsp3) is 0.250. The van der Waals surface area contributed by atoms with Crippen molar-refractivity contribution in [2.45, 2.75) is 25.3 Å². The fourth-order valence-electron chi connectivity index (χ4n) is 3.68. The van der Waals surface area contributed by atoms with Crippen LogP contribution in [0.3, 0.4) is 0 Å². The van der Waals surface area contributed by atoms with Gasteiger partial charge in [0, 0.05) is 24.1 Å². The molecule has 0 bridgehead atoms. The molecule has 1 N–H and O–H groups in total. The van der Waals surface area contributed by atoms with Crippen LogP contribution in [0.5, 0.6) is 0 Å². The van der Waals surface area contributed by atoms with Crippen molar-refractivity contribution >= 4 is 16.8 Å². The highest BCUT2D eigenvalue weighted by Crippen LogP contribution is 2.35. The minimum atomic E-state index is 0.177. The molecular weight excluding hydrogens is 284 g/mol. The van der Waals surface area contributed by atoms with E-state index in [1.54, 1.807) is 0 Å². The monoisotopic (exact) mass is 304 g/mol. The van der Waals surface area contributed by atoms with Gasteiger partial charge in [-0.3, -0.25) is 4.79 Å². The first-order valence-corrected chi connectivity index (χ1v) is 8.12. The highest BCUT2D eigenvalue weighted by atomic mass is 16.2. The Morgan fingerprint density at radius 2 is 1.96 bits per heavy atom. The van der Waals surface area contributed by atoms with E-state index in [-0.39, 0.29) is 11.9 Å². The van der Waals surface area contributed by atoms with Gasteiger partial charge in [-0.05, 0) is 35.6 Å². The standard InChI is InChI=1S/C20H20N2O/c1-22(19-11-10-14-6-2-3-8-17(14)19)20(23)12-15-13-21-18-9-5-4-7-16(15)18/h2-9,13,19,21H,10-12H2,1H3. The van der Waals surface area contributed by atoms with Crippen LogP contribution in [0, 0.1) is 0 Å². The lowest BCUT2D eigenvalue weighted by molar-refractivity contribution is -0.131. The maximum atomic E-state index is 12.8. The predicted octanol–water partition coefficient (Wildman–Crippen LogP) is 3.86. The zero-order valence-electron chi connectivity index (χ0n) is 13.3. The largest absolute Gasteiger partial charge is 0.361 e. The number of fused-ring (bicyclic) bond motifs is 2. The van der Waals surface area contributed by atoms with Crippen LogP contribution in [0.1, 0.15) is 29.2 Å².